The third kappa shape index (κ3) is 1.43. The second-order valence-corrected chi connectivity index (χ2v) is 3.54. The van der Waals surface area contributed by atoms with Gasteiger partial charge in [0, 0.05) is 4.88 Å². The average molecular weight is 162 g/mol. The highest BCUT2D eigenvalue weighted by Gasteiger charge is 2.00. The largest absolute Gasteiger partial charge is 0.245 e. The van der Waals surface area contributed by atoms with Gasteiger partial charge in [-0.25, -0.2) is 4.98 Å². The van der Waals surface area contributed by atoms with E-state index in [9.17, 15) is 0 Å². The number of alkyl halides is 1. The number of thiazole rings is 1. The van der Waals surface area contributed by atoms with E-state index in [-0.39, 0.29) is 0 Å². The van der Waals surface area contributed by atoms with Crippen LogP contribution >= 0.6 is 22.9 Å². The number of hydrogen-bond donors (Lipinski definition) is 0. The van der Waals surface area contributed by atoms with Crippen LogP contribution in [0.4, 0.5) is 0 Å². The molecule has 3 heteroatoms. The predicted octanol–water partition coefficient (Wildman–Crippen LogP) is 2.50. The molecule has 0 aliphatic heterocycles. The molecule has 50 valence electrons. The maximum Gasteiger partial charge on any atom is 0.0900 e. The standard InChI is InChI=1S/C6H8ClNS/c1-4-6(3-7)8-5(2)9-4/h3H2,1-2H3. The van der Waals surface area contributed by atoms with Crippen LogP contribution in [0.15, 0.2) is 0 Å². The first-order valence-corrected chi connectivity index (χ1v) is 4.08. The van der Waals surface area contributed by atoms with E-state index in [1.807, 2.05) is 13.8 Å². The van der Waals surface area contributed by atoms with Crippen LogP contribution in [0.5, 0.6) is 0 Å². The Morgan fingerprint density at radius 1 is 1.56 bits per heavy atom. The van der Waals surface area contributed by atoms with Crippen LogP contribution in [0, 0.1) is 13.8 Å². The molecule has 0 spiro atoms. The smallest absolute Gasteiger partial charge is 0.0900 e. The SMILES string of the molecule is Cc1nc(CCl)c(C)s1. The third-order valence-electron chi connectivity index (χ3n) is 1.13. The minimum atomic E-state index is 0.538. The van der Waals surface area contributed by atoms with Gasteiger partial charge in [0.2, 0.25) is 0 Å². The molecular formula is C6H8ClNS. The van der Waals surface area contributed by atoms with Crippen molar-refractivity contribution < 1.29 is 0 Å². The summed E-state index contributed by atoms with van der Waals surface area (Å²) in [5.41, 5.74) is 1.03. The molecule has 1 heterocycles. The van der Waals surface area contributed by atoms with Crippen LogP contribution in [0.1, 0.15) is 15.6 Å². The van der Waals surface area contributed by atoms with Crippen molar-refractivity contribution in [3.05, 3.63) is 15.6 Å². The minimum absolute atomic E-state index is 0.538. The predicted molar refractivity (Wildman–Crippen MR) is 41.1 cm³/mol. The molecule has 0 unspecified atom stereocenters. The molecule has 1 aromatic rings. The summed E-state index contributed by atoms with van der Waals surface area (Å²) in [5, 5.41) is 1.10. The number of hydrogen-bond acceptors (Lipinski definition) is 2. The Bertz CT molecular complexity index is 207. The van der Waals surface area contributed by atoms with E-state index >= 15 is 0 Å². The van der Waals surface area contributed by atoms with Crippen molar-refractivity contribution in [2.45, 2.75) is 19.7 Å². The molecule has 0 aliphatic carbocycles. The van der Waals surface area contributed by atoms with Gasteiger partial charge in [-0.15, -0.1) is 22.9 Å². The molecule has 0 saturated carbocycles. The van der Waals surface area contributed by atoms with Gasteiger partial charge >= 0.3 is 0 Å². The van der Waals surface area contributed by atoms with E-state index < -0.39 is 0 Å². The number of aromatic nitrogens is 1. The first kappa shape index (κ1) is 7.03. The van der Waals surface area contributed by atoms with Gasteiger partial charge in [-0.05, 0) is 13.8 Å². The molecule has 0 aliphatic rings. The van der Waals surface area contributed by atoms with Gasteiger partial charge in [0.25, 0.3) is 0 Å². The topological polar surface area (TPSA) is 12.9 Å². The zero-order chi connectivity index (χ0) is 6.85. The Hall–Kier alpha value is -0.0800. The lowest BCUT2D eigenvalue weighted by Crippen LogP contribution is -1.78. The van der Waals surface area contributed by atoms with E-state index in [1.165, 1.54) is 4.88 Å². The Labute approximate surface area is 63.7 Å². The normalized spacial score (nSPS) is 10.1. The van der Waals surface area contributed by atoms with Crippen molar-refractivity contribution in [3.8, 4) is 0 Å². The van der Waals surface area contributed by atoms with Gasteiger partial charge in [0.15, 0.2) is 0 Å². The lowest BCUT2D eigenvalue weighted by molar-refractivity contribution is 1.15. The maximum absolute atomic E-state index is 5.59. The van der Waals surface area contributed by atoms with Crippen molar-refractivity contribution in [2.75, 3.05) is 0 Å². The first-order chi connectivity index (χ1) is 4.24. The van der Waals surface area contributed by atoms with E-state index in [0.29, 0.717) is 5.88 Å². The molecular weight excluding hydrogens is 154 g/mol. The summed E-state index contributed by atoms with van der Waals surface area (Å²) in [6, 6.07) is 0. The van der Waals surface area contributed by atoms with Crippen LogP contribution < -0.4 is 0 Å². The van der Waals surface area contributed by atoms with Crippen molar-refractivity contribution >= 4 is 22.9 Å². The highest BCUT2D eigenvalue weighted by molar-refractivity contribution is 7.11. The molecule has 0 bridgehead atoms. The highest BCUT2D eigenvalue weighted by Crippen LogP contribution is 2.17. The monoisotopic (exact) mass is 161 g/mol. The summed E-state index contributed by atoms with van der Waals surface area (Å²) in [5.74, 6) is 0.538. The molecule has 9 heavy (non-hydrogen) atoms. The number of rotatable bonds is 1. The van der Waals surface area contributed by atoms with E-state index in [2.05, 4.69) is 4.98 Å². The molecule has 0 saturated heterocycles. The fourth-order valence-electron chi connectivity index (χ4n) is 0.696. The highest BCUT2D eigenvalue weighted by atomic mass is 35.5. The molecule has 0 atom stereocenters. The lowest BCUT2D eigenvalue weighted by Gasteiger charge is -1.84. The molecule has 1 rings (SSSR count). The molecule has 0 fully saturated rings. The molecule has 1 nitrogen and oxygen atoms in total. The Morgan fingerprint density at radius 2 is 2.22 bits per heavy atom. The zero-order valence-electron chi connectivity index (χ0n) is 5.44. The molecule has 0 aromatic carbocycles. The van der Waals surface area contributed by atoms with Crippen molar-refractivity contribution in [3.63, 3.8) is 0 Å². The molecule has 0 amide bonds. The summed E-state index contributed by atoms with van der Waals surface area (Å²) < 4.78 is 0. The van der Waals surface area contributed by atoms with Crippen molar-refractivity contribution in [2.24, 2.45) is 0 Å². The summed E-state index contributed by atoms with van der Waals surface area (Å²) in [6.45, 7) is 4.04. The third-order valence-corrected chi connectivity index (χ3v) is 2.31. The van der Waals surface area contributed by atoms with Gasteiger partial charge in [-0.3, -0.25) is 0 Å². The van der Waals surface area contributed by atoms with Crippen LogP contribution in [0.25, 0.3) is 0 Å². The fourth-order valence-corrected chi connectivity index (χ4v) is 1.87. The van der Waals surface area contributed by atoms with Gasteiger partial charge in [0.1, 0.15) is 0 Å². The first-order valence-electron chi connectivity index (χ1n) is 2.73. The van der Waals surface area contributed by atoms with Crippen LogP contribution in [0.3, 0.4) is 0 Å². The van der Waals surface area contributed by atoms with Gasteiger partial charge in [-0.2, -0.15) is 0 Å². The summed E-state index contributed by atoms with van der Waals surface area (Å²) >= 11 is 7.29. The van der Waals surface area contributed by atoms with Crippen molar-refractivity contribution in [1.29, 1.82) is 0 Å². The fraction of sp³-hybridized carbons (Fsp3) is 0.500. The average Bonchev–Trinajstić information content (AvgIpc) is 2.10. The van der Waals surface area contributed by atoms with E-state index in [0.717, 1.165) is 10.7 Å². The Kier molecular flexibility index (Phi) is 2.09. The second-order valence-electron chi connectivity index (χ2n) is 1.87. The molecule has 0 N–H and O–H groups in total. The molecule has 0 radical (unpaired) electrons. The van der Waals surface area contributed by atoms with Gasteiger partial charge < -0.3 is 0 Å². The Morgan fingerprint density at radius 3 is 2.44 bits per heavy atom. The van der Waals surface area contributed by atoms with Crippen molar-refractivity contribution in [1.82, 2.24) is 4.98 Å². The maximum atomic E-state index is 5.59. The second kappa shape index (κ2) is 2.67. The minimum Gasteiger partial charge on any atom is -0.245 e. The van der Waals surface area contributed by atoms with E-state index in [4.69, 9.17) is 11.6 Å². The number of aryl methyl sites for hydroxylation is 2. The Balaban J connectivity index is 3.01. The summed E-state index contributed by atoms with van der Waals surface area (Å²) in [4.78, 5) is 5.45. The van der Waals surface area contributed by atoms with Gasteiger partial charge in [0.05, 0.1) is 16.6 Å². The van der Waals surface area contributed by atoms with E-state index in [1.54, 1.807) is 11.3 Å². The summed E-state index contributed by atoms with van der Waals surface area (Å²) in [7, 11) is 0. The van der Waals surface area contributed by atoms with Gasteiger partial charge in [-0.1, -0.05) is 0 Å². The number of nitrogens with zero attached hydrogens (tertiary/aromatic N) is 1. The number of halogens is 1. The van der Waals surface area contributed by atoms with Crippen LogP contribution in [0.2, 0.25) is 0 Å². The summed E-state index contributed by atoms with van der Waals surface area (Å²) in [6.07, 6.45) is 0. The zero-order valence-corrected chi connectivity index (χ0v) is 7.01. The molecule has 1 aromatic heterocycles. The van der Waals surface area contributed by atoms with Crippen LogP contribution in [-0.2, 0) is 5.88 Å². The van der Waals surface area contributed by atoms with Crippen LogP contribution in [-0.4, -0.2) is 4.98 Å². The lowest BCUT2D eigenvalue weighted by atomic mass is 10.4. The quantitative estimate of drug-likeness (QED) is 0.577.